The van der Waals surface area contributed by atoms with Gasteiger partial charge in [0, 0.05) is 0 Å². The zero-order valence-corrected chi connectivity index (χ0v) is 16.7. The Hall–Kier alpha value is -3.68. The van der Waals surface area contributed by atoms with Crippen molar-refractivity contribution in [3.8, 4) is 28.7 Å². The zero-order chi connectivity index (χ0) is 20.8. The van der Waals surface area contributed by atoms with E-state index in [1.165, 1.54) is 13.4 Å². The van der Waals surface area contributed by atoms with Crippen LogP contribution in [0.1, 0.15) is 17.2 Å². The van der Waals surface area contributed by atoms with E-state index in [4.69, 9.17) is 18.9 Å². The molecular weight excluding hydrogens is 374 g/mol. The van der Waals surface area contributed by atoms with Crippen LogP contribution < -0.4 is 18.9 Å². The lowest BCUT2D eigenvalue weighted by atomic mass is 10.0. The van der Waals surface area contributed by atoms with Crippen LogP contribution in [0.3, 0.4) is 0 Å². The zero-order valence-electron chi connectivity index (χ0n) is 16.7. The highest BCUT2D eigenvalue weighted by Gasteiger charge is 2.19. The minimum absolute atomic E-state index is 0.0692. The molecule has 8 heteroatoms. The second kappa shape index (κ2) is 9.01. The maximum absolute atomic E-state index is 10.0. The Morgan fingerprint density at radius 1 is 0.931 bits per heavy atom. The number of aromatic nitrogens is 3. The van der Waals surface area contributed by atoms with Crippen molar-refractivity contribution in [3.63, 3.8) is 0 Å². The first-order valence-electron chi connectivity index (χ1n) is 8.80. The standard InChI is InChI=1S/C21H23N3O5/c1-26-18-8-6-14(9-17(18)25)5-7-16(24-13-22-12-23-24)15-10-19(27-2)21(29-4)20(11-15)28-3/h5-13,16,25H,1-4H3/b7-5+. The fraction of sp³-hybridized carbons (Fsp3) is 0.238. The number of allylic oxidation sites excluding steroid dienone is 1. The van der Waals surface area contributed by atoms with Gasteiger partial charge in [-0.2, -0.15) is 5.10 Å². The number of phenols is 1. The van der Waals surface area contributed by atoms with Crippen molar-refractivity contribution in [1.29, 1.82) is 0 Å². The lowest BCUT2D eigenvalue weighted by molar-refractivity contribution is 0.323. The first-order valence-corrected chi connectivity index (χ1v) is 8.80. The highest BCUT2D eigenvalue weighted by molar-refractivity contribution is 5.58. The molecule has 0 bridgehead atoms. The third kappa shape index (κ3) is 4.26. The van der Waals surface area contributed by atoms with E-state index in [9.17, 15) is 5.11 Å². The largest absolute Gasteiger partial charge is 0.504 e. The molecule has 0 aliphatic heterocycles. The average molecular weight is 397 g/mol. The third-order valence-electron chi connectivity index (χ3n) is 4.42. The Bertz CT molecular complexity index is 961. The minimum atomic E-state index is -0.296. The maximum atomic E-state index is 10.0. The number of aromatic hydroxyl groups is 1. The van der Waals surface area contributed by atoms with Gasteiger partial charge in [-0.1, -0.05) is 18.2 Å². The fourth-order valence-corrected chi connectivity index (χ4v) is 3.00. The van der Waals surface area contributed by atoms with Crippen LogP contribution >= 0.6 is 0 Å². The fourth-order valence-electron chi connectivity index (χ4n) is 3.00. The maximum Gasteiger partial charge on any atom is 0.203 e. The molecule has 3 rings (SSSR count). The summed E-state index contributed by atoms with van der Waals surface area (Å²) in [5.41, 5.74) is 1.67. The van der Waals surface area contributed by atoms with Crippen LogP contribution in [0.2, 0.25) is 0 Å². The van der Waals surface area contributed by atoms with E-state index >= 15 is 0 Å². The van der Waals surface area contributed by atoms with Gasteiger partial charge >= 0.3 is 0 Å². The van der Waals surface area contributed by atoms with Crippen LogP contribution in [-0.4, -0.2) is 48.3 Å². The van der Waals surface area contributed by atoms with Crippen LogP contribution in [0, 0.1) is 0 Å². The summed E-state index contributed by atoms with van der Waals surface area (Å²) in [7, 11) is 6.21. The number of hydrogen-bond acceptors (Lipinski definition) is 7. The Balaban J connectivity index is 2.04. The summed E-state index contributed by atoms with van der Waals surface area (Å²) in [6.45, 7) is 0. The molecule has 1 unspecified atom stereocenters. The topological polar surface area (TPSA) is 87.9 Å². The SMILES string of the molecule is COc1ccc(/C=C/C(c2cc(OC)c(OC)c(OC)c2)n2cncn2)cc1O. The van der Waals surface area contributed by atoms with Gasteiger partial charge in [0.05, 0.1) is 34.5 Å². The van der Waals surface area contributed by atoms with Gasteiger partial charge in [-0.15, -0.1) is 0 Å². The summed E-state index contributed by atoms with van der Waals surface area (Å²) in [6.07, 6.45) is 6.92. The monoisotopic (exact) mass is 397 g/mol. The average Bonchev–Trinajstić information content (AvgIpc) is 3.27. The molecule has 1 atom stereocenters. The van der Waals surface area contributed by atoms with Gasteiger partial charge in [0.1, 0.15) is 12.7 Å². The summed E-state index contributed by atoms with van der Waals surface area (Å²) in [6, 6.07) is 8.62. The quantitative estimate of drug-likeness (QED) is 0.624. The molecule has 152 valence electrons. The molecular formula is C21H23N3O5. The second-order valence-electron chi connectivity index (χ2n) is 6.07. The van der Waals surface area contributed by atoms with Crippen molar-refractivity contribution in [3.05, 3.63) is 60.2 Å². The Labute approximate surface area is 168 Å². The molecule has 0 amide bonds. The molecule has 29 heavy (non-hydrogen) atoms. The van der Waals surface area contributed by atoms with Crippen molar-refractivity contribution < 1.29 is 24.1 Å². The first kappa shape index (κ1) is 20.1. The lowest BCUT2D eigenvalue weighted by Crippen LogP contribution is -2.10. The highest BCUT2D eigenvalue weighted by Crippen LogP contribution is 2.40. The molecule has 0 aliphatic carbocycles. The van der Waals surface area contributed by atoms with E-state index < -0.39 is 0 Å². The number of rotatable bonds is 8. The van der Waals surface area contributed by atoms with Crippen molar-refractivity contribution in [2.45, 2.75) is 6.04 Å². The summed E-state index contributed by atoms with van der Waals surface area (Å²) < 4.78 is 23.1. The van der Waals surface area contributed by atoms with Gasteiger partial charge in [-0.05, 0) is 35.4 Å². The van der Waals surface area contributed by atoms with Gasteiger partial charge in [0.2, 0.25) is 5.75 Å². The van der Waals surface area contributed by atoms with Crippen LogP contribution in [0.15, 0.2) is 49.1 Å². The molecule has 1 N–H and O–H groups in total. The van der Waals surface area contributed by atoms with Gasteiger partial charge < -0.3 is 24.1 Å². The number of ether oxygens (including phenoxy) is 4. The number of phenolic OH excluding ortho intramolecular Hbond substituents is 1. The Morgan fingerprint density at radius 3 is 2.14 bits per heavy atom. The molecule has 0 radical (unpaired) electrons. The van der Waals surface area contributed by atoms with Gasteiger partial charge in [0.25, 0.3) is 0 Å². The number of benzene rings is 2. The number of methoxy groups -OCH3 is 4. The van der Waals surface area contributed by atoms with Crippen LogP contribution in [0.4, 0.5) is 0 Å². The molecule has 2 aromatic carbocycles. The van der Waals surface area contributed by atoms with E-state index in [1.54, 1.807) is 44.5 Å². The van der Waals surface area contributed by atoms with Gasteiger partial charge in [-0.25, -0.2) is 9.67 Å². The first-order chi connectivity index (χ1) is 14.1. The summed E-state index contributed by atoms with van der Waals surface area (Å²) in [5, 5.41) is 14.3. The van der Waals surface area contributed by atoms with E-state index in [-0.39, 0.29) is 11.8 Å². The van der Waals surface area contributed by atoms with Crippen molar-refractivity contribution >= 4 is 6.08 Å². The van der Waals surface area contributed by atoms with E-state index in [0.717, 1.165) is 11.1 Å². The molecule has 0 aliphatic rings. The number of nitrogens with zero attached hydrogens (tertiary/aromatic N) is 3. The summed E-state index contributed by atoms with van der Waals surface area (Å²) >= 11 is 0. The molecule has 0 fully saturated rings. The van der Waals surface area contributed by atoms with Crippen molar-refractivity contribution in [2.24, 2.45) is 0 Å². The van der Waals surface area contributed by atoms with Crippen LogP contribution in [-0.2, 0) is 0 Å². The third-order valence-corrected chi connectivity index (χ3v) is 4.42. The predicted octanol–water partition coefficient (Wildman–Crippen LogP) is 3.32. The van der Waals surface area contributed by atoms with Crippen LogP contribution in [0.25, 0.3) is 6.08 Å². The summed E-state index contributed by atoms with van der Waals surface area (Å²) in [4.78, 5) is 4.05. The normalized spacial score (nSPS) is 12.0. The Kier molecular flexibility index (Phi) is 6.23. The van der Waals surface area contributed by atoms with Crippen molar-refractivity contribution in [2.75, 3.05) is 28.4 Å². The minimum Gasteiger partial charge on any atom is -0.504 e. The van der Waals surface area contributed by atoms with E-state index in [1.807, 2.05) is 30.4 Å². The summed E-state index contributed by atoms with van der Waals surface area (Å²) in [5.74, 6) is 2.09. The molecule has 3 aromatic rings. The molecule has 0 spiro atoms. The van der Waals surface area contributed by atoms with Gasteiger partial charge in [-0.3, -0.25) is 0 Å². The van der Waals surface area contributed by atoms with E-state index in [2.05, 4.69) is 10.1 Å². The number of hydrogen-bond donors (Lipinski definition) is 1. The van der Waals surface area contributed by atoms with E-state index in [0.29, 0.717) is 23.0 Å². The molecule has 1 heterocycles. The Morgan fingerprint density at radius 2 is 1.62 bits per heavy atom. The molecule has 0 saturated carbocycles. The van der Waals surface area contributed by atoms with Crippen molar-refractivity contribution in [1.82, 2.24) is 14.8 Å². The van der Waals surface area contributed by atoms with Crippen LogP contribution in [0.5, 0.6) is 28.7 Å². The smallest absolute Gasteiger partial charge is 0.203 e. The van der Waals surface area contributed by atoms with Gasteiger partial charge in [0.15, 0.2) is 23.0 Å². The molecule has 8 nitrogen and oxygen atoms in total. The molecule has 1 aromatic heterocycles. The molecule has 0 saturated heterocycles. The second-order valence-corrected chi connectivity index (χ2v) is 6.07. The lowest BCUT2D eigenvalue weighted by Gasteiger charge is -2.18. The predicted molar refractivity (Wildman–Crippen MR) is 108 cm³/mol. The highest BCUT2D eigenvalue weighted by atomic mass is 16.5.